The predicted molar refractivity (Wildman–Crippen MR) is 134 cm³/mol. The summed E-state index contributed by atoms with van der Waals surface area (Å²) in [5, 5.41) is 2.54. The molecule has 10 heteroatoms. The lowest BCUT2D eigenvalue weighted by Gasteiger charge is -2.17. The number of hydrogen-bond donors (Lipinski definition) is 1. The van der Waals surface area contributed by atoms with Crippen LogP contribution in [0.2, 0.25) is 0 Å². The second kappa shape index (κ2) is 10.3. The summed E-state index contributed by atoms with van der Waals surface area (Å²) in [5.41, 5.74) is 1.95. The van der Waals surface area contributed by atoms with E-state index in [0.717, 1.165) is 5.56 Å². The van der Waals surface area contributed by atoms with E-state index in [1.54, 1.807) is 42.3 Å². The fraction of sp³-hybridized carbons (Fsp3) is 0.192. The van der Waals surface area contributed by atoms with Gasteiger partial charge in [0.15, 0.2) is 16.7 Å². The molecule has 0 bridgehead atoms. The summed E-state index contributed by atoms with van der Waals surface area (Å²) < 4.78 is 29.2. The smallest absolute Gasteiger partial charge is 0.242 e. The van der Waals surface area contributed by atoms with Crippen molar-refractivity contribution in [3.8, 4) is 17.2 Å². The summed E-state index contributed by atoms with van der Waals surface area (Å²) in [6, 6.07) is 18.1. The standard InChI is InChI=1S/C26H22FN3O5S/c1-33-20-9-7-19(8-10-20)29-26-30(14-16-2-11-21-22(12-16)35-15-34-21)25(32)23(36-26)13-24(31)28-18-5-3-17(27)4-6-18/h2-12,23H,13-15H2,1H3,(H,28,31). The number of halogens is 1. The number of nitrogens with one attached hydrogen (secondary N) is 1. The highest BCUT2D eigenvalue weighted by Gasteiger charge is 2.39. The van der Waals surface area contributed by atoms with E-state index in [4.69, 9.17) is 14.2 Å². The Morgan fingerprint density at radius 3 is 2.61 bits per heavy atom. The molecule has 0 aliphatic carbocycles. The average molecular weight is 508 g/mol. The molecule has 2 aliphatic rings. The first-order valence-electron chi connectivity index (χ1n) is 11.1. The second-order valence-corrected chi connectivity index (χ2v) is 9.24. The molecule has 2 amide bonds. The number of rotatable bonds is 7. The number of benzene rings is 3. The molecule has 1 saturated heterocycles. The number of anilines is 1. The van der Waals surface area contributed by atoms with Crippen molar-refractivity contribution >= 4 is 40.1 Å². The summed E-state index contributed by atoms with van der Waals surface area (Å²) in [5.74, 6) is 1.01. The van der Waals surface area contributed by atoms with Crippen LogP contribution in [0, 0.1) is 5.82 Å². The lowest BCUT2D eigenvalue weighted by atomic mass is 10.1. The zero-order valence-corrected chi connectivity index (χ0v) is 20.1. The van der Waals surface area contributed by atoms with Crippen LogP contribution in [0.25, 0.3) is 0 Å². The van der Waals surface area contributed by atoms with E-state index < -0.39 is 11.1 Å². The van der Waals surface area contributed by atoms with Crippen molar-refractivity contribution in [3.63, 3.8) is 0 Å². The number of amides is 2. The van der Waals surface area contributed by atoms with Crippen molar-refractivity contribution in [1.82, 2.24) is 4.90 Å². The number of fused-ring (bicyclic) bond motifs is 1. The van der Waals surface area contributed by atoms with E-state index in [2.05, 4.69) is 10.3 Å². The summed E-state index contributed by atoms with van der Waals surface area (Å²) in [6.45, 7) is 0.417. The van der Waals surface area contributed by atoms with Crippen LogP contribution in [0.5, 0.6) is 17.2 Å². The van der Waals surface area contributed by atoms with Crippen LogP contribution in [0.15, 0.2) is 71.7 Å². The van der Waals surface area contributed by atoms with Crippen LogP contribution in [0.3, 0.4) is 0 Å². The Kier molecular flexibility index (Phi) is 6.77. The second-order valence-electron chi connectivity index (χ2n) is 8.07. The van der Waals surface area contributed by atoms with Gasteiger partial charge in [0.25, 0.3) is 0 Å². The molecule has 3 aromatic rings. The van der Waals surface area contributed by atoms with E-state index in [1.165, 1.54) is 36.0 Å². The molecule has 1 N–H and O–H groups in total. The fourth-order valence-electron chi connectivity index (χ4n) is 3.77. The van der Waals surface area contributed by atoms with E-state index in [1.807, 2.05) is 12.1 Å². The first kappa shape index (κ1) is 23.7. The molecule has 1 atom stereocenters. The lowest BCUT2D eigenvalue weighted by molar-refractivity contribution is -0.128. The van der Waals surface area contributed by atoms with Gasteiger partial charge in [-0.15, -0.1) is 0 Å². The molecule has 0 saturated carbocycles. The normalized spacial score (nSPS) is 17.5. The third-order valence-corrected chi connectivity index (χ3v) is 6.77. The number of hydrogen-bond acceptors (Lipinski definition) is 7. The maximum atomic E-state index is 13.4. The summed E-state index contributed by atoms with van der Waals surface area (Å²) in [4.78, 5) is 32.3. The highest BCUT2D eigenvalue weighted by Crippen LogP contribution is 2.36. The van der Waals surface area contributed by atoms with Gasteiger partial charge in [-0.3, -0.25) is 14.5 Å². The number of aliphatic imine (C=N–C) groups is 1. The number of carbonyl (C=O) groups excluding carboxylic acids is 2. The molecule has 1 fully saturated rings. The summed E-state index contributed by atoms with van der Waals surface area (Å²) in [6.07, 6.45) is -0.0554. The van der Waals surface area contributed by atoms with Gasteiger partial charge < -0.3 is 19.5 Å². The van der Waals surface area contributed by atoms with E-state index >= 15 is 0 Å². The number of ether oxygens (including phenoxy) is 3. The molecule has 184 valence electrons. The van der Waals surface area contributed by atoms with Crippen molar-refractivity contribution in [1.29, 1.82) is 0 Å². The van der Waals surface area contributed by atoms with Gasteiger partial charge in [0.1, 0.15) is 16.8 Å². The Morgan fingerprint density at radius 2 is 1.86 bits per heavy atom. The molecule has 2 aliphatic heterocycles. The first-order chi connectivity index (χ1) is 17.5. The maximum Gasteiger partial charge on any atom is 0.242 e. The van der Waals surface area contributed by atoms with E-state index in [9.17, 15) is 14.0 Å². The van der Waals surface area contributed by atoms with E-state index in [-0.39, 0.29) is 31.6 Å². The Labute approximate surface area is 211 Å². The fourth-order valence-corrected chi connectivity index (χ4v) is 4.93. The molecule has 36 heavy (non-hydrogen) atoms. The predicted octanol–water partition coefficient (Wildman–Crippen LogP) is 4.72. The van der Waals surface area contributed by atoms with Gasteiger partial charge in [-0.05, 0) is 66.2 Å². The maximum absolute atomic E-state index is 13.4. The molecule has 8 nitrogen and oxygen atoms in total. The molecule has 0 aromatic heterocycles. The number of thioether (sulfide) groups is 1. The van der Waals surface area contributed by atoms with E-state index in [0.29, 0.717) is 33.8 Å². The van der Waals surface area contributed by atoms with Crippen molar-refractivity contribution in [2.24, 2.45) is 4.99 Å². The lowest BCUT2D eigenvalue weighted by Crippen LogP contribution is -2.33. The molecule has 1 unspecified atom stereocenters. The summed E-state index contributed by atoms with van der Waals surface area (Å²) in [7, 11) is 1.58. The Balaban J connectivity index is 1.36. The van der Waals surface area contributed by atoms with Gasteiger partial charge in [0.2, 0.25) is 18.6 Å². The zero-order valence-electron chi connectivity index (χ0n) is 19.3. The molecular formula is C26H22FN3O5S. The molecule has 3 aromatic carbocycles. The minimum atomic E-state index is -0.656. The van der Waals surface area contributed by atoms with Crippen LogP contribution >= 0.6 is 11.8 Å². The van der Waals surface area contributed by atoms with Crippen LogP contribution in [0.1, 0.15) is 12.0 Å². The van der Waals surface area contributed by atoms with Gasteiger partial charge in [-0.2, -0.15) is 0 Å². The highest BCUT2D eigenvalue weighted by atomic mass is 32.2. The number of amidine groups is 1. The van der Waals surface area contributed by atoms with Crippen LogP contribution in [-0.4, -0.2) is 41.0 Å². The minimum Gasteiger partial charge on any atom is -0.497 e. The van der Waals surface area contributed by atoms with Gasteiger partial charge >= 0.3 is 0 Å². The topological polar surface area (TPSA) is 89.5 Å². The Hall–Kier alpha value is -4.05. The van der Waals surface area contributed by atoms with Gasteiger partial charge in [-0.25, -0.2) is 9.38 Å². The van der Waals surface area contributed by atoms with Crippen molar-refractivity contribution < 1.29 is 28.2 Å². The van der Waals surface area contributed by atoms with Gasteiger partial charge in [0.05, 0.1) is 19.3 Å². The van der Waals surface area contributed by atoms with Crippen LogP contribution < -0.4 is 19.5 Å². The van der Waals surface area contributed by atoms with Crippen molar-refractivity contribution in [2.75, 3.05) is 19.2 Å². The molecular weight excluding hydrogens is 485 g/mol. The third-order valence-electron chi connectivity index (χ3n) is 5.59. The number of nitrogens with zero attached hydrogens (tertiary/aromatic N) is 2. The third kappa shape index (κ3) is 5.28. The molecule has 2 heterocycles. The SMILES string of the molecule is COc1ccc(N=C2SC(CC(=O)Nc3ccc(F)cc3)C(=O)N2Cc2ccc3c(c2)OCO3)cc1. The van der Waals surface area contributed by atoms with Crippen LogP contribution in [0.4, 0.5) is 15.8 Å². The summed E-state index contributed by atoms with van der Waals surface area (Å²) >= 11 is 1.24. The largest absolute Gasteiger partial charge is 0.497 e. The minimum absolute atomic E-state index is 0.0554. The van der Waals surface area contributed by atoms with Gasteiger partial charge in [0, 0.05) is 12.1 Å². The molecule has 5 rings (SSSR count). The average Bonchev–Trinajstić information content (AvgIpc) is 3.46. The first-order valence-corrected chi connectivity index (χ1v) is 12.0. The monoisotopic (exact) mass is 507 g/mol. The Morgan fingerprint density at radius 1 is 1.11 bits per heavy atom. The Bertz CT molecular complexity index is 1310. The van der Waals surface area contributed by atoms with Crippen molar-refractivity contribution in [3.05, 3.63) is 78.1 Å². The number of methoxy groups -OCH3 is 1. The quantitative estimate of drug-likeness (QED) is 0.498. The van der Waals surface area contributed by atoms with Gasteiger partial charge in [-0.1, -0.05) is 17.8 Å². The molecule has 0 radical (unpaired) electrons. The zero-order chi connectivity index (χ0) is 25.1. The van der Waals surface area contributed by atoms with Crippen molar-refractivity contribution in [2.45, 2.75) is 18.2 Å². The molecule has 0 spiro atoms. The highest BCUT2D eigenvalue weighted by molar-refractivity contribution is 8.15. The van der Waals surface area contributed by atoms with Crippen LogP contribution in [-0.2, 0) is 16.1 Å². The number of carbonyl (C=O) groups is 2.